The summed E-state index contributed by atoms with van der Waals surface area (Å²) in [6.07, 6.45) is 5.04. The number of aromatic nitrogens is 4. The Labute approximate surface area is 210 Å². The van der Waals surface area contributed by atoms with E-state index < -0.39 is 0 Å². The summed E-state index contributed by atoms with van der Waals surface area (Å²) in [5.74, 6) is 2.11. The largest absolute Gasteiger partial charge is 0.342 e. The number of aryl methyl sites for hydroxylation is 1. The van der Waals surface area contributed by atoms with Crippen molar-refractivity contribution in [3.63, 3.8) is 0 Å². The summed E-state index contributed by atoms with van der Waals surface area (Å²) >= 11 is 0. The minimum Gasteiger partial charge on any atom is -0.342 e. The van der Waals surface area contributed by atoms with Gasteiger partial charge in [-0.25, -0.2) is 4.98 Å². The normalized spacial score (nSPS) is 17.9. The van der Waals surface area contributed by atoms with Crippen LogP contribution >= 0.6 is 0 Å². The molecule has 1 aliphatic carbocycles. The Kier molecular flexibility index (Phi) is 4.94. The Balaban J connectivity index is 1.21. The zero-order valence-electron chi connectivity index (χ0n) is 20.4. The van der Waals surface area contributed by atoms with Crippen LogP contribution < -0.4 is 0 Å². The highest BCUT2D eigenvalue weighted by atomic mass is 16.2. The third-order valence-corrected chi connectivity index (χ3v) is 7.79. The van der Waals surface area contributed by atoms with Crippen LogP contribution in [-0.4, -0.2) is 43.6 Å². The number of nitrogens with zero attached hydrogens (tertiary/aromatic N) is 4. The molecule has 0 bridgehead atoms. The number of fused-ring (bicyclic) bond motifs is 2. The number of H-pyrrole nitrogens is 1. The van der Waals surface area contributed by atoms with Gasteiger partial charge in [-0.1, -0.05) is 42.5 Å². The highest BCUT2D eigenvalue weighted by molar-refractivity contribution is 5.85. The quantitative estimate of drug-likeness (QED) is 0.349. The zero-order chi connectivity index (χ0) is 24.2. The smallest absolute Gasteiger partial charge is 0.225 e. The van der Waals surface area contributed by atoms with Crippen LogP contribution in [-0.2, 0) is 11.3 Å². The number of likely N-dealkylation sites (tertiary alicyclic amines) is 1. The molecule has 180 valence electrons. The number of carbonyl (C=O) groups excluding carboxylic acids is 1. The summed E-state index contributed by atoms with van der Waals surface area (Å²) in [5, 5.41) is 8.31. The summed E-state index contributed by atoms with van der Waals surface area (Å²) in [5.41, 5.74) is 7.88. The first kappa shape index (κ1) is 21.4. The van der Waals surface area contributed by atoms with Gasteiger partial charge >= 0.3 is 0 Å². The number of benzene rings is 3. The second-order valence-corrected chi connectivity index (χ2v) is 10.5. The summed E-state index contributed by atoms with van der Waals surface area (Å²) < 4.78 is 2.37. The van der Waals surface area contributed by atoms with Gasteiger partial charge in [-0.2, -0.15) is 5.10 Å². The maximum atomic E-state index is 12.6. The maximum absolute atomic E-state index is 12.6. The van der Waals surface area contributed by atoms with Crippen molar-refractivity contribution in [1.29, 1.82) is 0 Å². The maximum Gasteiger partial charge on any atom is 0.225 e. The molecule has 5 aromatic rings. The van der Waals surface area contributed by atoms with Gasteiger partial charge in [-0.05, 0) is 67.0 Å². The second-order valence-electron chi connectivity index (χ2n) is 10.5. The van der Waals surface area contributed by atoms with E-state index >= 15 is 0 Å². The molecule has 6 heteroatoms. The number of imidazole rings is 1. The van der Waals surface area contributed by atoms with Crippen molar-refractivity contribution >= 4 is 27.8 Å². The van der Waals surface area contributed by atoms with Crippen molar-refractivity contribution in [3.8, 4) is 22.5 Å². The summed E-state index contributed by atoms with van der Waals surface area (Å²) in [4.78, 5) is 19.8. The summed E-state index contributed by atoms with van der Waals surface area (Å²) in [7, 11) is 0. The number of hydrogen-bond donors (Lipinski definition) is 1. The molecule has 1 amide bonds. The molecule has 0 spiro atoms. The van der Waals surface area contributed by atoms with Gasteiger partial charge in [0.2, 0.25) is 5.91 Å². The second kappa shape index (κ2) is 8.33. The van der Waals surface area contributed by atoms with Crippen molar-refractivity contribution in [3.05, 3.63) is 72.4 Å². The van der Waals surface area contributed by atoms with Crippen LogP contribution in [0, 0.1) is 18.8 Å². The molecule has 1 N–H and O–H groups in total. The molecule has 6 nitrogen and oxygen atoms in total. The van der Waals surface area contributed by atoms with Gasteiger partial charge in [-0.15, -0.1) is 0 Å². The zero-order valence-corrected chi connectivity index (χ0v) is 20.4. The van der Waals surface area contributed by atoms with Crippen LogP contribution in [0.4, 0.5) is 0 Å². The van der Waals surface area contributed by atoms with Crippen LogP contribution in [0.15, 0.2) is 66.9 Å². The predicted molar refractivity (Wildman–Crippen MR) is 142 cm³/mol. The minimum absolute atomic E-state index is 0.295. The van der Waals surface area contributed by atoms with Gasteiger partial charge in [0, 0.05) is 36.5 Å². The fourth-order valence-electron chi connectivity index (χ4n) is 5.60. The summed E-state index contributed by atoms with van der Waals surface area (Å²) in [6.45, 7) is 4.73. The predicted octanol–water partition coefficient (Wildman–Crippen LogP) is 5.81. The standard InChI is InChI=1S/C30H29N5O/c1-19-2-11-28-27(14-19)32-29(35(28)18-20-12-13-34(17-20)30(36)23-7-8-23)22-5-3-21(4-6-22)24-9-10-25-16-31-33-26(25)15-24/h2-6,9-11,14-16,20,23H,7-8,12-13,17-18H2,1H3,(H,31,33)/t20-/m1/s1. The SMILES string of the molecule is Cc1ccc2c(c1)nc(-c1ccc(-c3ccc4cn[nH]c4c3)cc1)n2C[C@@H]1CCN(C(=O)C2CC2)C1. The highest BCUT2D eigenvalue weighted by Crippen LogP contribution is 2.34. The average Bonchev–Trinajstić information content (AvgIpc) is 3.30. The number of aromatic amines is 1. The van der Waals surface area contributed by atoms with E-state index in [0.29, 0.717) is 17.7 Å². The van der Waals surface area contributed by atoms with E-state index in [0.717, 1.165) is 77.8 Å². The summed E-state index contributed by atoms with van der Waals surface area (Å²) in [6, 6.07) is 21.6. The van der Waals surface area contributed by atoms with E-state index in [1.54, 1.807) is 0 Å². The third-order valence-electron chi connectivity index (χ3n) is 7.79. The van der Waals surface area contributed by atoms with Crippen LogP contribution in [0.25, 0.3) is 44.5 Å². The Morgan fingerprint density at radius 1 is 0.972 bits per heavy atom. The van der Waals surface area contributed by atoms with Crippen molar-refractivity contribution in [2.75, 3.05) is 13.1 Å². The first-order valence-corrected chi connectivity index (χ1v) is 12.9. The van der Waals surface area contributed by atoms with Gasteiger partial charge < -0.3 is 9.47 Å². The molecule has 1 aliphatic heterocycles. The molecule has 0 unspecified atom stereocenters. The fourth-order valence-corrected chi connectivity index (χ4v) is 5.60. The molecule has 3 heterocycles. The number of carbonyl (C=O) groups is 1. The topological polar surface area (TPSA) is 66.8 Å². The Bertz CT molecular complexity index is 1590. The molecule has 2 aliphatic rings. The number of hydrogen-bond acceptors (Lipinski definition) is 3. The van der Waals surface area contributed by atoms with Crippen LogP contribution in [0.3, 0.4) is 0 Å². The lowest BCUT2D eigenvalue weighted by atomic mass is 10.0. The Morgan fingerprint density at radius 2 is 1.78 bits per heavy atom. The highest BCUT2D eigenvalue weighted by Gasteiger charge is 2.36. The average molecular weight is 476 g/mol. The molecule has 1 saturated heterocycles. The molecule has 36 heavy (non-hydrogen) atoms. The first-order valence-electron chi connectivity index (χ1n) is 12.9. The fraction of sp³-hybridized carbons (Fsp3) is 0.300. The molecule has 2 aromatic heterocycles. The lowest BCUT2D eigenvalue weighted by Gasteiger charge is -2.18. The lowest BCUT2D eigenvalue weighted by molar-refractivity contribution is -0.131. The van der Waals surface area contributed by atoms with Gasteiger partial charge in [0.25, 0.3) is 0 Å². The van der Waals surface area contributed by atoms with Crippen LogP contribution in [0.5, 0.6) is 0 Å². The van der Waals surface area contributed by atoms with E-state index in [2.05, 4.69) is 87.3 Å². The van der Waals surface area contributed by atoms with Crippen LogP contribution in [0.2, 0.25) is 0 Å². The molecule has 7 rings (SSSR count). The van der Waals surface area contributed by atoms with Crippen molar-refractivity contribution < 1.29 is 4.79 Å². The van der Waals surface area contributed by atoms with E-state index in [-0.39, 0.29) is 0 Å². The van der Waals surface area contributed by atoms with Crippen molar-refractivity contribution in [1.82, 2.24) is 24.6 Å². The molecule has 3 aromatic carbocycles. The van der Waals surface area contributed by atoms with Crippen LogP contribution in [0.1, 0.15) is 24.8 Å². The van der Waals surface area contributed by atoms with Gasteiger partial charge in [0.1, 0.15) is 5.82 Å². The third kappa shape index (κ3) is 3.77. The van der Waals surface area contributed by atoms with Gasteiger partial charge in [0.05, 0.1) is 22.7 Å². The lowest BCUT2D eigenvalue weighted by Crippen LogP contribution is -2.30. The first-order chi connectivity index (χ1) is 17.6. The number of rotatable bonds is 5. The minimum atomic E-state index is 0.295. The van der Waals surface area contributed by atoms with E-state index in [4.69, 9.17) is 4.98 Å². The Morgan fingerprint density at radius 3 is 2.61 bits per heavy atom. The van der Waals surface area contributed by atoms with E-state index in [9.17, 15) is 4.79 Å². The molecule has 2 fully saturated rings. The monoisotopic (exact) mass is 475 g/mol. The Hall–Kier alpha value is -3.93. The molecule has 1 saturated carbocycles. The van der Waals surface area contributed by atoms with Crippen molar-refractivity contribution in [2.45, 2.75) is 32.7 Å². The van der Waals surface area contributed by atoms with Crippen molar-refractivity contribution in [2.24, 2.45) is 11.8 Å². The molecule has 0 radical (unpaired) electrons. The number of amides is 1. The van der Waals surface area contributed by atoms with E-state index in [1.165, 1.54) is 11.1 Å². The molecular weight excluding hydrogens is 446 g/mol. The number of nitrogens with one attached hydrogen (secondary N) is 1. The van der Waals surface area contributed by atoms with Gasteiger partial charge in [0.15, 0.2) is 0 Å². The molecule has 1 atom stereocenters. The molecular formula is C30H29N5O. The van der Waals surface area contributed by atoms with E-state index in [1.807, 2.05) is 6.20 Å². The van der Waals surface area contributed by atoms with Gasteiger partial charge in [-0.3, -0.25) is 9.89 Å².